The molecule has 0 aliphatic rings. The molecule has 4 nitrogen and oxygen atoms in total. The molecular weight excluding hydrogens is 346 g/mol. The Balaban J connectivity index is 2.31. The van der Waals surface area contributed by atoms with Gasteiger partial charge in [0.15, 0.2) is 9.84 Å². The van der Waals surface area contributed by atoms with Crippen molar-refractivity contribution in [2.24, 2.45) is 0 Å². The zero-order chi connectivity index (χ0) is 18.1. The smallest absolute Gasteiger partial charge is 0.253 e. The molecule has 1 amide bonds. The number of nitrogens with one attached hydrogen (secondary N) is 1. The number of aryl methyl sites for hydroxylation is 2. The molecule has 1 unspecified atom stereocenters. The Labute approximate surface area is 147 Å². The molecule has 0 bridgehead atoms. The molecular formula is C18H20ClNO3S. The molecule has 0 saturated carbocycles. The molecule has 0 heterocycles. The van der Waals surface area contributed by atoms with Gasteiger partial charge in [-0.2, -0.15) is 0 Å². The van der Waals surface area contributed by atoms with E-state index in [0.29, 0.717) is 0 Å². The zero-order valence-electron chi connectivity index (χ0n) is 14.1. The highest BCUT2D eigenvalue weighted by atomic mass is 35.5. The van der Waals surface area contributed by atoms with E-state index in [4.69, 9.17) is 11.6 Å². The number of sulfone groups is 1. The van der Waals surface area contributed by atoms with E-state index in [0.717, 1.165) is 22.9 Å². The number of benzene rings is 2. The quantitative estimate of drug-likeness (QED) is 0.895. The largest absolute Gasteiger partial charge is 0.345 e. The van der Waals surface area contributed by atoms with E-state index in [2.05, 4.69) is 5.32 Å². The van der Waals surface area contributed by atoms with Crippen molar-refractivity contribution in [1.82, 2.24) is 5.32 Å². The van der Waals surface area contributed by atoms with Gasteiger partial charge in [0, 0.05) is 6.26 Å². The Hall–Kier alpha value is -1.85. The first-order chi connectivity index (χ1) is 11.1. The molecule has 128 valence electrons. The van der Waals surface area contributed by atoms with Crippen molar-refractivity contribution >= 4 is 27.3 Å². The molecule has 0 fully saturated rings. The Morgan fingerprint density at radius 3 is 2.42 bits per heavy atom. The minimum absolute atomic E-state index is 0.0661. The molecule has 2 aromatic carbocycles. The first kappa shape index (κ1) is 18.5. The Kier molecular flexibility index (Phi) is 5.35. The number of carbonyl (C=O) groups is 1. The summed E-state index contributed by atoms with van der Waals surface area (Å²) in [7, 11) is -3.41. The van der Waals surface area contributed by atoms with E-state index in [1.807, 2.05) is 39.0 Å². The average Bonchev–Trinajstić information content (AvgIpc) is 2.48. The third-order valence-corrected chi connectivity index (χ3v) is 5.30. The van der Waals surface area contributed by atoms with Gasteiger partial charge < -0.3 is 5.32 Å². The van der Waals surface area contributed by atoms with Gasteiger partial charge in [0.1, 0.15) is 0 Å². The van der Waals surface area contributed by atoms with Crippen molar-refractivity contribution in [1.29, 1.82) is 0 Å². The van der Waals surface area contributed by atoms with Gasteiger partial charge >= 0.3 is 0 Å². The summed E-state index contributed by atoms with van der Waals surface area (Å²) in [5, 5.41) is 3.10. The number of amides is 1. The lowest BCUT2D eigenvalue weighted by Gasteiger charge is -2.18. The second kappa shape index (κ2) is 6.95. The third-order valence-electron chi connectivity index (χ3n) is 3.86. The van der Waals surface area contributed by atoms with Crippen LogP contribution in [0.4, 0.5) is 0 Å². The van der Waals surface area contributed by atoms with Crippen molar-refractivity contribution in [3.63, 3.8) is 0 Å². The number of rotatable bonds is 4. The number of carbonyl (C=O) groups excluding carboxylic acids is 1. The van der Waals surface area contributed by atoms with E-state index in [1.54, 1.807) is 0 Å². The van der Waals surface area contributed by atoms with Crippen LogP contribution in [0.5, 0.6) is 0 Å². The van der Waals surface area contributed by atoms with E-state index in [-0.39, 0.29) is 21.5 Å². The maximum absolute atomic E-state index is 12.5. The highest BCUT2D eigenvalue weighted by molar-refractivity contribution is 7.90. The van der Waals surface area contributed by atoms with E-state index < -0.39 is 15.7 Å². The zero-order valence-corrected chi connectivity index (χ0v) is 15.6. The average molecular weight is 366 g/mol. The van der Waals surface area contributed by atoms with Crippen LogP contribution in [0.1, 0.15) is 40.0 Å². The maximum atomic E-state index is 12.5. The van der Waals surface area contributed by atoms with Gasteiger partial charge in [0.2, 0.25) is 0 Å². The number of hydrogen-bond donors (Lipinski definition) is 1. The van der Waals surface area contributed by atoms with Gasteiger partial charge in [-0.25, -0.2) is 8.42 Å². The second-order valence-electron chi connectivity index (χ2n) is 5.97. The predicted molar refractivity (Wildman–Crippen MR) is 96.4 cm³/mol. The van der Waals surface area contributed by atoms with Crippen molar-refractivity contribution in [3.05, 3.63) is 63.7 Å². The molecule has 1 atom stereocenters. The minimum atomic E-state index is -3.41. The van der Waals surface area contributed by atoms with Crippen LogP contribution in [0.3, 0.4) is 0 Å². The van der Waals surface area contributed by atoms with Gasteiger partial charge in [-0.05, 0) is 50.1 Å². The van der Waals surface area contributed by atoms with Crippen LogP contribution < -0.4 is 5.32 Å². The van der Waals surface area contributed by atoms with Gasteiger partial charge in [-0.3, -0.25) is 4.79 Å². The van der Waals surface area contributed by atoms with Crippen molar-refractivity contribution in [2.45, 2.75) is 31.7 Å². The fourth-order valence-electron chi connectivity index (χ4n) is 2.49. The first-order valence-electron chi connectivity index (χ1n) is 7.47. The van der Waals surface area contributed by atoms with E-state index in [9.17, 15) is 13.2 Å². The SMILES string of the molecule is Cc1ccc(C)c(C(C)NC(=O)c2cc(S(C)(=O)=O)ccc2Cl)c1. The fraction of sp³-hybridized carbons (Fsp3) is 0.278. The summed E-state index contributed by atoms with van der Waals surface area (Å²) in [4.78, 5) is 12.6. The summed E-state index contributed by atoms with van der Waals surface area (Å²) < 4.78 is 23.3. The number of hydrogen-bond acceptors (Lipinski definition) is 3. The molecule has 2 aromatic rings. The minimum Gasteiger partial charge on any atom is -0.345 e. The van der Waals surface area contributed by atoms with Gasteiger partial charge in [0.25, 0.3) is 5.91 Å². The van der Waals surface area contributed by atoms with Crippen molar-refractivity contribution in [2.75, 3.05) is 6.26 Å². The summed E-state index contributed by atoms with van der Waals surface area (Å²) in [6.07, 6.45) is 1.09. The monoisotopic (exact) mass is 365 g/mol. The summed E-state index contributed by atoms with van der Waals surface area (Å²) in [6.45, 7) is 5.85. The lowest BCUT2D eigenvalue weighted by molar-refractivity contribution is 0.0939. The standard InChI is InChI=1S/C18H20ClNO3S/c1-11-5-6-12(2)15(9-11)13(3)20-18(21)16-10-14(24(4,22)23)7-8-17(16)19/h5-10,13H,1-4H3,(H,20,21). The summed E-state index contributed by atoms with van der Waals surface area (Å²) in [5.41, 5.74) is 3.34. The molecule has 2 rings (SSSR count). The van der Waals surface area contributed by atoms with E-state index in [1.165, 1.54) is 18.2 Å². The van der Waals surface area contributed by atoms with Crippen molar-refractivity contribution < 1.29 is 13.2 Å². The molecule has 0 aliphatic carbocycles. The van der Waals surface area contributed by atoms with Crippen molar-refractivity contribution in [3.8, 4) is 0 Å². The molecule has 6 heteroatoms. The van der Waals surface area contributed by atoms with Crippen LogP contribution in [0, 0.1) is 13.8 Å². The van der Waals surface area contributed by atoms with Crippen LogP contribution in [0.15, 0.2) is 41.3 Å². The van der Waals surface area contributed by atoms with Gasteiger partial charge in [-0.15, -0.1) is 0 Å². The topological polar surface area (TPSA) is 63.2 Å². The highest BCUT2D eigenvalue weighted by Crippen LogP contribution is 2.23. The Bertz CT molecular complexity index is 891. The molecule has 0 radical (unpaired) electrons. The van der Waals surface area contributed by atoms with Crippen LogP contribution in [0.2, 0.25) is 5.02 Å². The van der Waals surface area contributed by atoms with Crippen LogP contribution in [-0.4, -0.2) is 20.6 Å². The van der Waals surface area contributed by atoms with E-state index >= 15 is 0 Å². The lowest BCUT2D eigenvalue weighted by Crippen LogP contribution is -2.27. The molecule has 0 spiro atoms. The summed E-state index contributed by atoms with van der Waals surface area (Å²) >= 11 is 6.07. The summed E-state index contributed by atoms with van der Waals surface area (Å²) in [6, 6.07) is 9.94. The van der Waals surface area contributed by atoms with Crippen LogP contribution >= 0.6 is 11.6 Å². The molecule has 24 heavy (non-hydrogen) atoms. The van der Waals surface area contributed by atoms with Crippen LogP contribution in [0.25, 0.3) is 0 Å². The summed E-state index contributed by atoms with van der Waals surface area (Å²) in [5.74, 6) is -0.404. The van der Waals surface area contributed by atoms with Crippen LogP contribution in [-0.2, 0) is 9.84 Å². The predicted octanol–water partition coefficient (Wildman–Crippen LogP) is 3.85. The third kappa shape index (κ3) is 4.16. The molecule has 0 aromatic heterocycles. The highest BCUT2D eigenvalue weighted by Gasteiger charge is 2.18. The van der Waals surface area contributed by atoms with Gasteiger partial charge in [-0.1, -0.05) is 35.4 Å². The fourth-order valence-corrected chi connectivity index (χ4v) is 3.34. The Morgan fingerprint density at radius 2 is 1.79 bits per heavy atom. The molecule has 0 saturated heterocycles. The first-order valence-corrected chi connectivity index (χ1v) is 9.74. The Morgan fingerprint density at radius 1 is 1.12 bits per heavy atom. The van der Waals surface area contributed by atoms with Gasteiger partial charge in [0.05, 0.1) is 21.5 Å². The number of halogens is 1. The maximum Gasteiger partial charge on any atom is 0.253 e. The lowest BCUT2D eigenvalue weighted by atomic mass is 10.00. The molecule has 1 N–H and O–H groups in total. The second-order valence-corrected chi connectivity index (χ2v) is 8.39. The normalized spacial score (nSPS) is 12.7. The molecule has 0 aliphatic heterocycles.